The molecule has 1 aromatic carbocycles. The summed E-state index contributed by atoms with van der Waals surface area (Å²) in [4.78, 5) is 0. The van der Waals surface area contributed by atoms with Gasteiger partial charge in [-0.1, -0.05) is 15.9 Å². The van der Waals surface area contributed by atoms with Gasteiger partial charge in [-0.3, -0.25) is 4.72 Å². The van der Waals surface area contributed by atoms with Crippen LogP contribution in [0, 0.1) is 5.82 Å². The average Bonchev–Trinajstić information content (AvgIpc) is 2.05. The third-order valence-electron chi connectivity index (χ3n) is 1.57. The monoisotopic (exact) mass is 345 g/mol. The summed E-state index contributed by atoms with van der Waals surface area (Å²) in [5.74, 6) is -0.795. The molecule has 17 heavy (non-hydrogen) atoms. The summed E-state index contributed by atoms with van der Waals surface area (Å²) in [6.07, 6.45) is 0.782. The third kappa shape index (κ3) is 5.00. The standard InChI is InChI=1S/C8H9BrFNO4S2/c1-16(12,13)5-17(14,15)11-8-3-2-6(9)4-7(8)10/h2-4,11H,5H2,1H3. The van der Waals surface area contributed by atoms with Crippen molar-refractivity contribution in [3.63, 3.8) is 0 Å². The molecule has 0 aliphatic carbocycles. The zero-order chi connectivity index (χ0) is 13.3. The largest absolute Gasteiger partial charge is 0.280 e. The van der Waals surface area contributed by atoms with Crippen LogP contribution in [-0.2, 0) is 19.9 Å². The molecule has 0 atom stereocenters. The van der Waals surface area contributed by atoms with Gasteiger partial charge >= 0.3 is 0 Å². The van der Waals surface area contributed by atoms with Crippen LogP contribution >= 0.6 is 15.9 Å². The van der Waals surface area contributed by atoms with Crippen LogP contribution in [0.5, 0.6) is 0 Å². The van der Waals surface area contributed by atoms with Crippen molar-refractivity contribution in [3.05, 3.63) is 28.5 Å². The van der Waals surface area contributed by atoms with Gasteiger partial charge in [0.2, 0.25) is 10.0 Å². The minimum atomic E-state index is -4.12. The molecule has 0 aliphatic rings. The number of hydrogen-bond acceptors (Lipinski definition) is 4. The first-order valence-electron chi connectivity index (χ1n) is 4.22. The first-order chi connectivity index (χ1) is 7.59. The van der Waals surface area contributed by atoms with Gasteiger partial charge in [-0.25, -0.2) is 21.2 Å². The Labute approximate surface area is 107 Å². The number of sulfone groups is 1. The summed E-state index contributed by atoms with van der Waals surface area (Å²) < 4.78 is 60.1. The molecule has 0 aromatic heterocycles. The highest BCUT2D eigenvalue weighted by molar-refractivity contribution is 9.10. The van der Waals surface area contributed by atoms with Crippen molar-refractivity contribution in [3.8, 4) is 0 Å². The van der Waals surface area contributed by atoms with E-state index in [0.29, 0.717) is 4.47 Å². The molecule has 0 heterocycles. The second kappa shape index (κ2) is 4.91. The van der Waals surface area contributed by atoms with Crippen LogP contribution in [0.2, 0.25) is 0 Å². The van der Waals surface area contributed by atoms with Crippen molar-refractivity contribution in [2.45, 2.75) is 0 Å². The molecule has 0 radical (unpaired) electrons. The molecular formula is C8H9BrFNO4S2. The summed E-state index contributed by atoms with van der Waals surface area (Å²) in [5, 5.41) is -1.09. The van der Waals surface area contributed by atoms with Gasteiger partial charge in [-0.2, -0.15) is 0 Å². The summed E-state index contributed by atoms with van der Waals surface area (Å²) in [7, 11) is -7.83. The number of sulfonamides is 1. The van der Waals surface area contributed by atoms with Gasteiger partial charge < -0.3 is 0 Å². The number of halogens is 2. The maximum absolute atomic E-state index is 13.3. The molecular weight excluding hydrogens is 337 g/mol. The lowest BCUT2D eigenvalue weighted by atomic mass is 10.3. The first kappa shape index (κ1) is 14.4. The van der Waals surface area contributed by atoms with E-state index < -0.39 is 30.8 Å². The number of rotatable bonds is 4. The summed E-state index contributed by atoms with van der Waals surface area (Å²) in [6, 6.07) is 3.69. The molecule has 1 N–H and O–H groups in total. The van der Waals surface area contributed by atoms with E-state index in [9.17, 15) is 21.2 Å². The fourth-order valence-electron chi connectivity index (χ4n) is 1.05. The molecule has 5 nitrogen and oxygen atoms in total. The van der Waals surface area contributed by atoms with E-state index in [1.54, 1.807) is 0 Å². The van der Waals surface area contributed by atoms with Crippen LogP contribution < -0.4 is 4.72 Å². The van der Waals surface area contributed by atoms with E-state index >= 15 is 0 Å². The van der Waals surface area contributed by atoms with E-state index in [1.165, 1.54) is 12.1 Å². The van der Waals surface area contributed by atoms with Crippen LogP contribution in [-0.4, -0.2) is 28.2 Å². The lowest BCUT2D eigenvalue weighted by Gasteiger charge is -2.08. The SMILES string of the molecule is CS(=O)(=O)CS(=O)(=O)Nc1ccc(Br)cc1F. The molecule has 9 heteroatoms. The van der Waals surface area contributed by atoms with E-state index in [0.717, 1.165) is 12.3 Å². The number of hydrogen-bond donors (Lipinski definition) is 1. The van der Waals surface area contributed by atoms with Gasteiger partial charge in [0.25, 0.3) is 0 Å². The molecule has 0 unspecified atom stereocenters. The second-order valence-corrected chi connectivity index (χ2v) is 8.53. The maximum atomic E-state index is 13.3. The second-order valence-electron chi connectivity index (χ2n) is 3.38. The van der Waals surface area contributed by atoms with E-state index in [4.69, 9.17) is 0 Å². The Kier molecular flexibility index (Phi) is 4.15. The van der Waals surface area contributed by atoms with E-state index in [2.05, 4.69) is 15.9 Å². The highest BCUT2D eigenvalue weighted by Gasteiger charge is 2.19. The van der Waals surface area contributed by atoms with Gasteiger partial charge in [0.1, 0.15) is 5.82 Å². The zero-order valence-electron chi connectivity index (χ0n) is 8.64. The van der Waals surface area contributed by atoms with Crippen LogP contribution in [0.15, 0.2) is 22.7 Å². The Bertz CT molecular complexity index is 627. The zero-order valence-corrected chi connectivity index (χ0v) is 11.9. The molecule has 0 fully saturated rings. The molecule has 0 aliphatic heterocycles. The fraction of sp³-hybridized carbons (Fsp3) is 0.250. The van der Waals surface area contributed by atoms with Crippen molar-refractivity contribution >= 4 is 41.5 Å². The van der Waals surface area contributed by atoms with Crippen LogP contribution in [0.25, 0.3) is 0 Å². The van der Waals surface area contributed by atoms with Crippen molar-refractivity contribution in [2.24, 2.45) is 0 Å². The van der Waals surface area contributed by atoms with Crippen molar-refractivity contribution in [1.82, 2.24) is 0 Å². The molecule has 0 amide bonds. The summed E-state index contributed by atoms with van der Waals surface area (Å²) in [6.45, 7) is 0. The van der Waals surface area contributed by atoms with Crippen molar-refractivity contribution < 1.29 is 21.2 Å². The van der Waals surface area contributed by atoms with Gasteiger partial charge in [-0.15, -0.1) is 0 Å². The van der Waals surface area contributed by atoms with E-state index in [-0.39, 0.29) is 5.69 Å². The fourth-order valence-corrected chi connectivity index (χ4v) is 4.38. The predicted octanol–water partition coefficient (Wildman–Crippen LogP) is 1.33. The molecule has 1 aromatic rings. The summed E-state index contributed by atoms with van der Waals surface area (Å²) in [5.41, 5.74) is -0.295. The maximum Gasteiger partial charge on any atom is 0.247 e. The highest BCUT2D eigenvalue weighted by Crippen LogP contribution is 2.20. The molecule has 0 bridgehead atoms. The Morgan fingerprint density at radius 3 is 2.35 bits per heavy atom. The number of anilines is 1. The van der Waals surface area contributed by atoms with Crippen LogP contribution in [0.4, 0.5) is 10.1 Å². The Balaban J connectivity index is 2.99. The smallest absolute Gasteiger partial charge is 0.247 e. The third-order valence-corrected chi connectivity index (χ3v) is 5.54. The topological polar surface area (TPSA) is 80.3 Å². The lowest BCUT2D eigenvalue weighted by molar-refractivity contribution is 0.593. The molecule has 0 saturated carbocycles. The normalized spacial score (nSPS) is 12.4. The van der Waals surface area contributed by atoms with Gasteiger partial charge in [0.15, 0.2) is 14.9 Å². The summed E-state index contributed by atoms with van der Waals surface area (Å²) >= 11 is 3.01. The minimum absolute atomic E-state index is 0.295. The highest BCUT2D eigenvalue weighted by atomic mass is 79.9. The quantitative estimate of drug-likeness (QED) is 0.892. The van der Waals surface area contributed by atoms with Gasteiger partial charge in [0, 0.05) is 10.7 Å². The Hall–Kier alpha value is -0.670. The van der Waals surface area contributed by atoms with Gasteiger partial charge in [-0.05, 0) is 18.2 Å². The van der Waals surface area contributed by atoms with Gasteiger partial charge in [0.05, 0.1) is 5.69 Å². The minimum Gasteiger partial charge on any atom is -0.280 e. The lowest BCUT2D eigenvalue weighted by Crippen LogP contribution is -2.22. The molecule has 96 valence electrons. The number of benzene rings is 1. The van der Waals surface area contributed by atoms with Crippen LogP contribution in [0.1, 0.15) is 0 Å². The molecule has 0 saturated heterocycles. The molecule has 1 rings (SSSR count). The Morgan fingerprint density at radius 1 is 1.29 bits per heavy atom. The molecule has 0 spiro atoms. The number of nitrogens with one attached hydrogen (secondary N) is 1. The van der Waals surface area contributed by atoms with Crippen molar-refractivity contribution in [1.29, 1.82) is 0 Å². The first-order valence-corrected chi connectivity index (χ1v) is 8.73. The van der Waals surface area contributed by atoms with E-state index in [1.807, 2.05) is 4.72 Å². The van der Waals surface area contributed by atoms with Crippen LogP contribution in [0.3, 0.4) is 0 Å². The Morgan fingerprint density at radius 2 is 1.88 bits per heavy atom. The van der Waals surface area contributed by atoms with Crippen molar-refractivity contribution in [2.75, 3.05) is 16.1 Å². The average molecular weight is 346 g/mol. The predicted molar refractivity (Wildman–Crippen MR) is 66.4 cm³/mol.